The number of carbonyl (C=O) groups is 1. The molecule has 0 radical (unpaired) electrons. The Hall–Kier alpha value is -2.00. The summed E-state index contributed by atoms with van der Waals surface area (Å²) >= 11 is 5.91. The highest BCUT2D eigenvalue weighted by molar-refractivity contribution is 6.30. The highest BCUT2D eigenvalue weighted by atomic mass is 35.5. The Morgan fingerprint density at radius 3 is 2.29 bits per heavy atom. The van der Waals surface area contributed by atoms with Crippen molar-refractivity contribution in [3.63, 3.8) is 0 Å². The lowest BCUT2D eigenvalue weighted by Crippen LogP contribution is -2.35. The average molecular weight is 301 g/mol. The third kappa shape index (κ3) is 3.19. The summed E-state index contributed by atoms with van der Waals surface area (Å²) in [7, 11) is 0. The summed E-state index contributed by atoms with van der Waals surface area (Å²) in [4.78, 5) is 12.2. The number of nitrogens with two attached hydrogens (primary N) is 1. The molecule has 0 saturated heterocycles. The minimum Gasteiger partial charge on any atom is -0.399 e. The van der Waals surface area contributed by atoms with Gasteiger partial charge in [0.1, 0.15) is 0 Å². The number of nitrogen functional groups attached to an aromatic ring is 1. The van der Waals surface area contributed by atoms with Gasteiger partial charge in [0.25, 0.3) is 0 Å². The second-order valence-corrected chi connectivity index (χ2v) is 5.99. The van der Waals surface area contributed by atoms with E-state index in [-0.39, 0.29) is 11.4 Å². The van der Waals surface area contributed by atoms with Gasteiger partial charge in [-0.1, -0.05) is 35.9 Å². The Balaban J connectivity index is 1.67. The van der Waals surface area contributed by atoms with Crippen molar-refractivity contribution in [1.82, 2.24) is 5.32 Å². The van der Waals surface area contributed by atoms with Crippen LogP contribution in [0.25, 0.3) is 0 Å². The van der Waals surface area contributed by atoms with Crippen LogP contribution in [0, 0.1) is 0 Å². The Bertz CT molecular complexity index is 645. The first-order chi connectivity index (χ1) is 10.1. The summed E-state index contributed by atoms with van der Waals surface area (Å²) in [5.74, 6) is 0.0345. The average Bonchev–Trinajstić information content (AvgIpc) is 3.23. The molecule has 3 N–H and O–H groups in total. The van der Waals surface area contributed by atoms with E-state index >= 15 is 0 Å². The zero-order valence-corrected chi connectivity index (χ0v) is 12.4. The Labute approximate surface area is 129 Å². The fourth-order valence-corrected chi connectivity index (χ4v) is 2.64. The molecule has 0 aliphatic heterocycles. The summed E-state index contributed by atoms with van der Waals surface area (Å²) in [6.07, 6.45) is 2.32. The summed E-state index contributed by atoms with van der Waals surface area (Å²) in [5.41, 5.74) is 8.24. The monoisotopic (exact) mass is 300 g/mol. The molecule has 2 aromatic carbocycles. The second kappa shape index (κ2) is 5.41. The smallest absolute Gasteiger partial charge is 0.225 e. The predicted octanol–water partition coefficient (Wildman–Crippen LogP) is 3.27. The molecule has 0 heterocycles. The minimum absolute atomic E-state index is 0.0345. The molecular weight excluding hydrogens is 284 g/mol. The lowest BCUT2D eigenvalue weighted by atomic mass is 10.0. The molecule has 0 spiro atoms. The van der Waals surface area contributed by atoms with E-state index in [1.165, 1.54) is 0 Å². The normalized spacial score (nSPS) is 15.5. The van der Waals surface area contributed by atoms with Gasteiger partial charge in [0.15, 0.2) is 0 Å². The van der Waals surface area contributed by atoms with E-state index in [9.17, 15) is 4.79 Å². The van der Waals surface area contributed by atoms with Crippen molar-refractivity contribution in [2.45, 2.75) is 24.8 Å². The van der Waals surface area contributed by atoms with Crippen molar-refractivity contribution in [1.29, 1.82) is 0 Å². The standard InChI is InChI=1S/C17H17ClN2O/c18-14-5-3-13(4-6-14)17(9-10-17)20-16(21)11-12-1-7-15(19)8-2-12/h1-8H,9-11,19H2,(H,20,21). The van der Waals surface area contributed by atoms with Crippen molar-refractivity contribution in [2.24, 2.45) is 0 Å². The van der Waals surface area contributed by atoms with Crippen LogP contribution in [0.15, 0.2) is 48.5 Å². The summed E-state index contributed by atoms with van der Waals surface area (Å²) in [6.45, 7) is 0. The van der Waals surface area contributed by atoms with Crippen LogP contribution >= 0.6 is 11.6 Å². The van der Waals surface area contributed by atoms with Gasteiger partial charge in [-0.25, -0.2) is 0 Å². The van der Waals surface area contributed by atoms with E-state index in [2.05, 4.69) is 5.32 Å². The number of nitrogens with one attached hydrogen (secondary N) is 1. The molecule has 1 amide bonds. The van der Waals surface area contributed by atoms with Gasteiger partial charge < -0.3 is 11.1 Å². The maximum absolute atomic E-state index is 12.2. The Kier molecular flexibility index (Phi) is 3.60. The van der Waals surface area contributed by atoms with Crippen LogP contribution in [-0.4, -0.2) is 5.91 Å². The first-order valence-corrected chi connectivity index (χ1v) is 7.37. The number of hydrogen-bond acceptors (Lipinski definition) is 2. The molecule has 1 aliphatic rings. The van der Waals surface area contributed by atoms with Gasteiger partial charge in [0, 0.05) is 10.7 Å². The molecule has 3 rings (SSSR count). The van der Waals surface area contributed by atoms with Crippen molar-refractivity contribution < 1.29 is 4.79 Å². The van der Waals surface area contributed by atoms with Gasteiger partial charge in [-0.15, -0.1) is 0 Å². The van der Waals surface area contributed by atoms with Crippen molar-refractivity contribution in [3.05, 3.63) is 64.7 Å². The van der Waals surface area contributed by atoms with Crippen LogP contribution in [-0.2, 0) is 16.8 Å². The summed E-state index contributed by atoms with van der Waals surface area (Å²) in [5, 5.41) is 3.86. The van der Waals surface area contributed by atoms with E-state index in [4.69, 9.17) is 17.3 Å². The van der Waals surface area contributed by atoms with Gasteiger partial charge in [0.2, 0.25) is 5.91 Å². The van der Waals surface area contributed by atoms with Crippen LogP contribution in [0.1, 0.15) is 24.0 Å². The zero-order chi connectivity index (χ0) is 14.9. The van der Waals surface area contributed by atoms with E-state index in [1.807, 2.05) is 48.5 Å². The molecule has 1 fully saturated rings. The quantitative estimate of drug-likeness (QED) is 0.852. The topological polar surface area (TPSA) is 55.1 Å². The third-order valence-electron chi connectivity index (χ3n) is 3.87. The molecule has 2 aromatic rings. The van der Waals surface area contributed by atoms with Gasteiger partial charge in [-0.2, -0.15) is 0 Å². The van der Waals surface area contributed by atoms with Gasteiger partial charge in [0.05, 0.1) is 12.0 Å². The molecule has 0 atom stereocenters. The summed E-state index contributed by atoms with van der Waals surface area (Å²) in [6, 6.07) is 15.1. The highest BCUT2D eigenvalue weighted by Gasteiger charge is 2.45. The number of amides is 1. The van der Waals surface area contributed by atoms with E-state index in [0.717, 1.165) is 24.0 Å². The number of carbonyl (C=O) groups excluding carboxylic acids is 1. The lowest BCUT2D eigenvalue weighted by Gasteiger charge is -2.18. The van der Waals surface area contributed by atoms with Crippen LogP contribution < -0.4 is 11.1 Å². The number of hydrogen-bond donors (Lipinski definition) is 2. The van der Waals surface area contributed by atoms with Crippen molar-refractivity contribution in [3.8, 4) is 0 Å². The van der Waals surface area contributed by atoms with Crippen LogP contribution in [0.4, 0.5) is 5.69 Å². The minimum atomic E-state index is -0.199. The van der Waals surface area contributed by atoms with E-state index < -0.39 is 0 Å². The number of rotatable bonds is 4. The summed E-state index contributed by atoms with van der Waals surface area (Å²) < 4.78 is 0. The Morgan fingerprint density at radius 1 is 1.10 bits per heavy atom. The Morgan fingerprint density at radius 2 is 1.71 bits per heavy atom. The molecule has 4 heteroatoms. The largest absolute Gasteiger partial charge is 0.399 e. The molecule has 1 aliphatic carbocycles. The van der Waals surface area contributed by atoms with Gasteiger partial charge >= 0.3 is 0 Å². The van der Waals surface area contributed by atoms with E-state index in [0.29, 0.717) is 17.1 Å². The first-order valence-electron chi connectivity index (χ1n) is 6.99. The van der Waals surface area contributed by atoms with E-state index in [1.54, 1.807) is 0 Å². The lowest BCUT2D eigenvalue weighted by molar-refractivity contribution is -0.121. The molecule has 0 aromatic heterocycles. The molecule has 3 nitrogen and oxygen atoms in total. The van der Waals surface area contributed by atoms with Crippen LogP contribution in [0.3, 0.4) is 0 Å². The van der Waals surface area contributed by atoms with Gasteiger partial charge in [-0.3, -0.25) is 4.79 Å². The molecule has 0 bridgehead atoms. The molecule has 108 valence electrons. The maximum Gasteiger partial charge on any atom is 0.225 e. The van der Waals surface area contributed by atoms with Crippen molar-refractivity contribution in [2.75, 3.05) is 5.73 Å². The number of halogens is 1. The third-order valence-corrected chi connectivity index (χ3v) is 4.12. The molecule has 0 unspecified atom stereocenters. The fraction of sp³-hybridized carbons (Fsp3) is 0.235. The maximum atomic E-state index is 12.2. The number of benzene rings is 2. The predicted molar refractivity (Wildman–Crippen MR) is 85.1 cm³/mol. The fourth-order valence-electron chi connectivity index (χ4n) is 2.51. The van der Waals surface area contributed by atoms with Crippen LogP contribution in [0.2, 0.25) is 5.02 Å². The van der Waals surface area contributed by atoms with Crippen LogP contribution in [0.5, 0.6) is 0 Å². The second-order valence-electron chi connectivity index (χ2n) is 5.56. The molecular formula is C17H17ClN2O. The highest BCUT2D eigenvalue weighted by Crippen LogP contribution is 2.45. The molecule has 21 heavy (non-hydrogen) atoms. The SMILES string of the molecule is Nc1ccc(CC(=O)NC2(c3ccc(Cl)cc3)CC2)cc1. The number of anilines is 1. The molecule has 1 saturated carbocycles. The first kappa shape index (κ1) is 14.0. The van der Waals surface area contributed by atoms with Crippen molar-refractivity contribution >= 4 is 23.2 Å². The zero-order valence-electron chi connectivity index (χ0n) is 11.6. The van der Waals surface area contributed by atoms with Gasteiger partial charge in [-0.05, 0) is 48.2 Å².